The van der Waals surface area contributed by atoms with Crippen molar-refractivity contribution in [3.63, 3.8) is 0 Å². The minimum Gasteiger partial charge on any atom is -0.466 e. The molecular formula is C16H21N5O7. The average molecular weight is 395 g/mol. The van der Waals surface area contributed by atoms with Crippen molar-refractivity contribution in [3.05, 3.63) is 43.0 Å². The third-order valence-electron chi connectivity index (χ3n) is 4.25. The monoisotopic (exact) mass is 395 g/mol. The summed E-state index contributed by atoms with van der Waals surface area (Å²) in [5.74, 6) is -1.92. The number of nitrogens with one attached hydrogen (secondary N) is 1. The van der Waals surface area contributed by atoms with E-state index < -0.39 is 47.5 Å². The van der Waals surface area contributed by atoms with E-state index >= 15 is 0 Å². The fourth-order valence-corrected chi connectivity index (χ4v) is 3.07. The molecule has 12 heteroatoms. The number of azide groups is 1. The minimum absolute atomic E-state index is 0.147. The van der Waals surface area contributed by atoms with Crippen LogP contribution in [0.25, 0.3) is 10.4 Å². The molecule has 0 bridgehead atoms. The molecule has 1 aliphatic rings. The molecule has 2 heterocycles. The van der Waals surface area contributed by atoms with Crippen molar-refractivity contribution in [2.45, 2.75) is 45.6 Å². The summed E-state index contributed by atoms with van der Waals surface area (Å²) in [5.41, 5.74) is 7.53. The molecule has 0 saturated carbocycles. The van der Waals surface area contributed by atoms with Gasteiger partial charge in [0.05, 0.1) is 25.7 Å². The van der Waals surface area contributed by atoms with Crippen molar-refractivity contribution in [1.29, 1.82) is 0 Å². The van der Waals surface area contributed by atoms with E-state index in [0.717, 1.165) is 4.57 Å². The molecule has 1 N–H and O–H groups in total. The summed E-state index contributed by atoms with van der Waals surface area (Å²) >= 11 is 0. The third kappa shape index (κ3) is 4.78. The van der Waals surface area contributed by atoms with Gasteiger partial charge in [0.15, 0.2) is 12.3 Å². The summed E-state index contributed by atoms with van der Waals surface area (Å²) in [6, 6.07) is 0. The Bertz CT molecular complexity index is 901. The number of aryl methyl sites for hydroxylation is 1. The Morgan fingerprint density at radius 2 is 2.14 bits per heavy atom. The highest BCUT2D eigenvalue weighted by Gasteiger charge is 2.48. The highest BCUT2D eigenvalue weighted by Crippen LogP contribution is 2.38. The molecule has 28 heavy (non-hydrogen) atoms. The van der Waals surface area contributed by atoms with Gasteiger partial charge in [0.2, 0.25) is 0 Å². The Morgan fingerprint density at radius 1 is 1.43 bits per heavy atom. The van der Waals surface area contributed by atoms with Crippen LogP contribution in [0.2, 0.25) is 0 Å². The lowest BCUT2D eigenvalue weighted by Crippen LogP contribution is -2.39. The molecule has 1 aromatic rings. The average Bonchev–Trinajstić information content (AvgIpc) is 2.93. The van der Waals surface area contributed by atoms with Gasteiger partial charge in [0, 0.05) is 29.5 Å². The molecule has 0 spiro atoms. The van der Waals surface area contributed by atoms with Gasteiger partial charge in [0.1, 0.15) is 0 Å². The zero-order valence-electron chi connectivity index (χ0n) is 15.7. The SMILES string of the molecule is CCOC(=O)C[C@H]1[C@@H](OC(C)=O)[C@H](n2cc(C)c(=O)[nH]c2=O)O[C@@H]1CN=[N+]=[N-]. The van der Waals surface area contributed by atoms with Crippen molar-refractivity contribution in [1.82, 2.24) is 9.55 Å². The number of ether oxygens (including phenoxy) is 3. The molecule has 1 aromatic heterocycles. The van der Waals surface area contributed by atoms with E-state index in [2.05, 4.69) is 15.0 Å². The van der Waals surface area contributed by atoms with Gasteiger partial charge in [-0.15, -0.1) is 0 Å². The second-order valence-electron chi connectivity index (χ2n) is 6.20. The van der Waals surface area contributed by atoms with Gasteiger partial charge >= 0.3 is 17.6 Å². The molecule has 1 saturated heterocycles. The van der Waals surface area contributed by atoms with Gasteiger partial charge in [-0.05, 0) is 19.4 Å². The van der Waals surface area contributed by atoms with Gasteiger partial charge < -0.3 is 14.2 Å². The van der Waals surface area contributed by atoms with Gasteiger partial charge in [0.25, 0.3) is 5.56 Å². The molecule has 0 aromatic carbocycles. The predicted molar refractivity (Wildman–Crippen MR) is 94.3 cm³/mol. The van der Waals surface area contributed by atoms with Crippen LogP contribution in [0.5, 0.6) is 0 Å². The van der Waals surface area contributed by atoms with Gasteiger partial charge in [-0.3, -0.25) is 23.9 Å². The zero-order chi connectivity index (χ0) is 20.8. The fourth-order valence-electron chi connectivity index (χ4n) is 3.07. The Kier molecular flexibility index (Phi) is 6.96. The highest BCUT2D eigenvalue weighted by molar-refractivity contribution is 5.70. The summed E-state index contributed by atoms with van der Waals surface area (Å²) < 4.78 is 17.2. The summed E-state index contributed by atoms with van der Waals surface area (Å²) in [6.07, 6.45) is -1.87. The van der Waals surface area contributed by atoms with Crippen LogP contribution < -0.4 is 11.2 Å². The lowest BCUT2D eigenvalue weighted by molar-refractivity contribution is -0.156. The summed E-state index contributed by atoms with van der Waals surface area (Å²) in [7, 11) is 0. The molecule has 0 radical (unpaired) electrons. The third-order valence-corrected chi connectivity index (χ3v) is 4.25. The number of rotatable bonds is 7. The van der Waals surface area contributed by atoms with E-state index in [1.807, 2.05) is 0 Å². The summed E-state index contributed by atoms with van der Waals surface area (Å²) in [5, 5.41) is 3.47. The van der Waals surface area contributed by atoms with Gasteiger partial charge in [-0.2, -0.15) is 0 Å². The number of aromatic amines is 1. The van der Waals surface area contributed by atoms with Crippen LogP contribution in [-0.2, 0) is 23.8 Å². The molecule has 0 aliphatic carbocycles. The lowest BCUT2D eigenvalue weighted by atomic mass is 9.94. The fraction of sp³-hybridized carbons (Fsp3) is 0.625. The van der Waals surface area contributed by atoms with Crippen molar-refractivity contribution >= 4 is 11.9 Å². The van der Waals surface area contributed by atoms with Gasteiger partial charge in [-0.25, -0.2) is 4.79 Å². The standard InChI is InChI=1S/C16H21N5O7/c1-4-26-12(23)5-10-11(6-18-20-17)28-15(13(10)27-9(3)22)21-7-8(2)14(24)19-16(21)25/h7,10-11,13,15H,4-6H2,1-3H3,(H,19,24,25)/t10-,11-,13-,15-/m1/s1. The van der Waals surface area contributed by atoms with Crippen LogP contribution >= 0.6 is 0 Å². The summed E-state index contributed by atoms with van der Waals surface area (Å²) in [6.45, 7) is 4.34. The quantitative estimate of drug-likeness (QED) is 0.304. The molecule has 152 valence electrons. The number of hydrogen-bond donors (Lipinski definition) is 1. The molecule has 0 amide bonds. The number of carbonyl (C=O) groups is 2. The van der Waals surface area contributed by atoms with Crippen LogP contribution in [0.1, 0.15) is 32.1 Å². The summed E-state index contributed by atoms with van der Waals surface area (Å²) in [4.78, 5) is 52.4. The van der Waals surface area contributed by atoms with Crippen LogP contribution in [0.3, 0.4) is 0 Å². The van der Waals surface area contributed by atoms with E-state index in [1.165, 1.54) is 20.0 Å². The smallest absolute Gasteiger partial charge is 0.330 e. The first kappa shape index (κ1) is 21.2. The Hall–Kier alpha value is -3.11. The highest BCUT2D eigenvalue weighted by atomic mass is 16.6. The second-order valence-corrected chi connectivity index (χ2v) is 6.20. The zero-order valence-corrected chi connectivity index (χ0v) is 15.7. The Labute approximate surface area is 159 Å². The maximum atomic E-state index is 12.3. The Morgan fingerprint density at radius 3 is 2.75 bits per heavy atom. The first-order valence-electron chi connectivity index (χ1n) is 8.59. The van der Waals surface area contributed by atoms with Crippen LogP contribution in [0.15, 0.2) is 20.9 Å². The maximum Gasteiger partial charge on any atom is 0.330 e. The van der Waals surface area contributed by atoms with E-state index in [4.69, 9.17) is 19.7 Å². The van der Waals surface area contributed by atoms with Crippen molar-refractivity contribution in [3.8, 4) is 0 Å². The molecule has 1 aliphatic heterocycles. The molecule has 0 unspecified atom stereocenters. The lowest BCUT2D eigenvalue weighted by Gasteiger charge is -2.24. The number of hydrogen-bond acceptors (Lipinski definition) is 8. The number of H-pyrrole nitrogens is 1. The molecule has 2 rings (SSSR count). The van der Waals surface area contributed by atoms with Crippen LogP contribution in [0.4, 0.5) is 0 Å². The van der Waals surface area contributed by atoms with Crippen molar-refractivity contribution < 1.29 is 23.8 Å². The second kappa shape index (κ2) is 9.20. The first-order chi connectivity index (χ1) is 13.3. The van der Waals surface area contributed by atoms with E-state index in [9.17, 15) is 19.2 Å². The number of carbonyl (C=O) groups excluding carboxylic acids is 2. The van der Waals surface area contributed by atoms with E-state index in [-0.39, 0.29) is 25.1 Å². The number of aromatic nitrogens is 2. The first-order valence-corrected chi connectivity index (χ1v) is 8.59. The number of nitrogens with zero attached hydrogens (tertiary/aromatic N) is 4. The molecular weight excluding hydrogens is 374 g/mol. The van der Waals surface area contributed by atoms with Crippen molar-refractivity contribution in [2.75, 3.05) is 13.2 Å². The van der Waals surface area contributed by atoms with E-state index in [1.54, 1.807) is 6.92 Å². The van der Waals surface area contributed by atoms with Crippen molar-refractivity contribution in [2.24, 2.45) is 11.0 Å². The normalized spacial score (nSPS) is 23.7. The minimum atomic E-state index is -1.12. The largest absolute Gasteiger partial charge is 0.466 e. The van der Waals surface area contributed by atoms with Crippen LogP contribution in [0, 0.1) is 12.8 Å². The topological polar surface area (TPSA) is 165 Å². The van der Waals surface area contributed by atoms with Crippen LogP contribution in [-0.4, -0.2) is 46.8 Å². The maximum absolute atomic E-state index is 12.3. The van der Waals surface area contributed by atoms with Gasteiger partial charge in [-0.1, -0.05) is 5.11 Å². The number of esters is 2. The molecule has 1 fully saturated rings. The predicted octanol–water partition coefficient (Wildman–Crippen LogP) is 0.554. The van der Waals surface area contributed by atoms with E-state index in [0.29, 0.717) is 0 Å². The molecule has 4 atom stereocenters. The Balaban J connectivity index is 2.48. The molecule has 12 nitrogen and oxygen atoms in total.